The topological polar surface area (TPSA) is 60.5 Å². The average Bonchev–Trinajstić information content (AvgIpc) is 2.68. The summed E-state index contributed by atoms with van der Waals surface area (Å²) in [6.07, 6.45) is -3.18. The van der Waals surface area contributed by atoms with Gasteiger partial charge in [0.2, 0.25) is 0 Å². The largest absolute Gasteiger partial charge is 0.573 e. The van der Waals surface area contributed by atoms with Crippen molar-refractivity contribution < 1.29 is 27.4 Å². The van der Waals surface area contributed by atoms with Gasteiger partial charge >= 0.3 is 6.36 Å². The summed E-state index contributed by atoms with van der Waals surface area (Å²) in [7, 11) is 1.52. The molecule has 0 bridgehead atoms. The second-order valence-electron chi connectivity index (χ2n) is 5.78. The lowest BCUT2D eigenvalue weighted by Crippen LogP contribution is -2.17. The van der Waals surface area contributed by atoms with Gasteiger partial charge in [0.25, 0.3) is 5.91 Å². The fraction of sp³-hybridized carbons (Fsp3) is 0.100. The summed E-state index contributed by atoms with van der Waals surface area (Å²) in [5, 5.41) is 2.88. The molecule has 0 radical (unpaired) electrons. The van der Waals surface area contributed by atoms with E-state index in [9.17, 15) is 18.0 Å². The number of anilines is 1. The van der Waals surface area contributed by atoms with Gasteiger partial charge in [0.1, 0.15) is 17.2 Å². The maximum absolute atomic E-state index is 12.4. The molecule has 0 aliphatic rings. The third kappa shape index (κ3) is 5.17. The molecule has 0 atom stereocenters. The smallest absolute Gasteiger partial charge is 0.494 e. The number of nitrogens with zero attached hydrogens (tertiary/aromatic N) is 1. The van der Waals surface area contributed by atoms with Crippen LogP contribution in [-0.2, 0) is 0 Å². The van der Waals surface area contributed by atoms with Crippen molar-refractivity contribution >= 4 is 23.2 Å². The molecule has 0 fully saturated rings. The number of ether oxygens (including phenoxy) is 2. The fourth-order valence-corrected chi connectivity index (χ4v) is 2.82. The number of alkyl halides is 3. The number of hydrogen-bond donors (Lipinski definition) is 1. The number of halogens is 4. The van der Waals surface area contributed by atoms with E-state index < -0.39 is 12.3 Å². The summed E-state index contributed by atoms with van der Waals surface area (Å²) in [5.74, 6) is -0.323. The molecule has 5 nitrogen and oxygen atoms in total. The lowest BCUT2D eigenvalue weighted by atomic mass is 10.1. The van der Waals surface area contributed by atoms with Gasteiger partial charge in [-0.1, -0.05) is 17.7 Å². The Morgan fingerprint density at radius 1 is 1.10 bits per heavy atom. The Hall–Kier alpha value is -3.26. The van der Waals surface area contributed by atoms with Crippen molar-refractivity contribution in [2.24, 2.45) is 0 Å². The van der Waals surface area contributed by atoms with E-state index in [1.54, 1.807) is 30.5 Å². The highest BCUT2D eigenvalue weighted by atomic mass is 35.5. The normalized spacial score (nSPS) is 11.1. The zero-order valence-corrected chi connectivity index (χ0v) is 15.7. The molecule has 0 unspecified atom stereocenters. The zero-order valence-electron chi connectivity index (χ0n) is 15.0. The third-order valence-electron chi connectivity index (χ3n) is 3.82. The maximum Gasteiger partial charge on any atom is 0.573 e. The standard InChI is InChI=1S/C20H14ClF3N2O3/c1-28-17-3-2-10-25-18(17)15-9-4-12(11-16(15)21)19(27)26-13-5-7-14(8-6-13)29-20(22,23)24/h2-11H,1H3,(H,26,27). The van der Waals surface area contributed by atoms with E-state index >= 15 is 0 Å². The molecule has 1 aromatic heterocycles. The van der Waals surface area contributed by atoms with Crippen LogP contribution in [0, 0.1) is 0 Å². The minimum Gasteiger partial charge on any atom is -0.494 e. The number of methoxy groups -OCH3 is 1. The molecule has 0 saturated heterocycles. The molecule has 1 amide bonds. The van der Waals surface area contributed by atoms with Crippen molar-refractivity contribution in [1.29, 1.82) is 0 Å². The lowest BCUT2D eigenvalue weighted by molar-refractivity contribution is -0.274. The summed E-state index contributed by atoms with van der Waals surface area (Å²) in [5.41, 5.74) is 1.70. The molecule has 0 spiro atoms. The third-order valence-corrected chi connectivity index (χ3v) is 4.14. The van der Waals surface area contributed by atoms with E-state index in [1.807, 2.05) is 0 Å². The lowest BCUT2D eigenvalue weighted by Gasteiger charge is -2.11. The van der Waals surface area contributed by atoms with Crippen LogP contribution in [0.4, 0.5) is 18.9 Å². The number of carbonyl (C=O) groups is 1. The summed E-state index contributed by atoms with van der Waals surface area (Å²) in [4.78, 5) is 16.7. The number of hydrogen-bond acceptors (Lipinski definition) is 4. The summed E-state index contributed by atoms with van der Waals surface area (Å²) < 4.78 is 45.7. The first-order valence-corrected chi connectivity index (χ1v) is 8.61. The van der Waals surface area contributed by atoms with E-state index in [2.05, 4.69) is 15.0 Å². The maximum atomic E-state index is 12.4. The molecule has 1 heterocycles. The van der Waals surface area contributed by atoms with Crippen molar-refractivity contribution in [1.82, 2.24) is 4.98 Å². The van der Waals surface area contributed by atoms with E-state index in [0.717, 1.165) is 12.1 Å². The zero-order chi connectivity index (χ0) is 21.0. The molecule has 3 aromatic rings. The van der Waals surface area contributed by atoms with Crippen LogP contribution in [0.2, 0.25) is 5.02 Å². The fourth-order valence-electron chi connectivity index (χ4n) is 2.55. The number of nitrogens with one attached hydrogen (secondary N) is 1. The number of aromatic nitrogens is 1. The minimum absolute atomic E-state index is 0.268. The SMILES string of the molecule is COc1cccnc1-c1ccc(C(=O)Nc2ccc(OC(F)(F)F)cc2)cc1Cl. The van der Waals surface area contributed by atoms with Crippen LogP contribution in [0.5, 0.6) is 11.5 Å². The Morgan fingerprint density at radius 3 is 2.45 bits per heavy atom. The second kappa shape index (κ2) is 8.40. The number of pyridine rings is 1. The number of amides is 1. The molecule has 0 aliphatic carbocycles. The van der Waals surface area contributed by atoms with Gasteiger partial charge in [-0.15, -0.1) is 13.2 Å². The summed E-state index contributed by atoms with van der Waals surface area (Å²) >= 11 is 6.32. The highest BCUT2D eigenvalue weighted by Crippen LogP contribution is 2.33. The molecule has 0 saturated carbocycles. The van der Waals surface area contributed by atoms with Crippen molar-refractivity contribution in [2.45, 2.75) is 6.36 Å². The molecular formula is C20H14ClF3N2O3. The van der Waals surface area contributed by atoms with Crippen LogP contribution in [0.25, 0.3) is 11.3 Å². The van der Waals surface area contributed by atoms with Gasteiger partial charge in [0, 0.05) is 23.0 Å². The van der Waals surface area contributed by atoms with E-state index in [0.29, 0.717) is 27.7 Å². The summed E-state index contributed by atoms with van der Waals surface area (Å²) in [6.45, 7) is 0. The van der Waals surface area contributed by atoms with Crippen molar-refractivity contribution in [3.05, 3.63) is 71.4 Å². The monoisotopic (exact) mass is 422 g/mol. The molecule has 1 N–H and O–H groups in total. The highest BCUT2D eigenvalue weighted by Gasteiger charge is 2.31. The Morgan fingerprint density at radius 2 is 1.83 bits per heavy atom. The molecule has 150 valence electrons. The van der Waals surface area contributed by atoms with Crippen LogP contribution < -0.4 is 14.8 Å². The van der Waals surface area contributed by atoms with E-state index in [-0.39, 0.29) is 11.3 Å². The van der Waals surface area contributed by atoms with Gasteiger partial charge in [-0.3, -0.25) is 9.78 Å². The minimum atomic E-state index is -4.78. The number of benzene rings is 2. The van der Waals surface area contributed by atoms with Gasteiger partial charge in [0.15, 0.2) is 0 Å². The first kappa shape index (κ1) is 20.5. The quantitative estimate of drug-likeness (QED) is 0.584. The average molecular weight is 423 g/mol. The van der Waals surface area contributed by atoms with Crippen LogP contribution in [0.1, 0.15) is 10.4 Å². The van der Waals surface area contributed by atoms with Crippen molar-refractivity contribution in [3.63, 3.8) is 0 Å². The number of carbonyl (C=O) groups excluding carboxylic acids is 1. The Balaban J connectivity index is 1.76. The van der Waals surface area contributed by atoms with Gasteiger partial charge in [-0.05, 0) is 48.5 Å². The van der Waals surface area contributed by atoms with Gasteiger partial charge in [-0.2, -0.15) is 0 Å². The van der Waals surface area contributed by atoms with Crippen LogP contribution in [0.15, 0.2) is 60.8 Å². The van der Waals surface area contributed by atoms with Gasteiger partial charge in [-0.25, -0.2) is 0 Å². The van der Waals surface area contributed by atoms with Gasteiger partial charge in [0.05, 0.1) is 12.1 Å². The van der Waals surface area contributed by atoms with E-state index in [1.165, 1.54) is 25.3 Å². The Labute approximate surface area is 169 Å². The Bertz CT molecular complexity index is 1020. The summed E-state index contributed by atoms with van der Waals surface area (Å²) in [6, 6.07) is 12.9. The second-order valence-corrected chi connectivity index (χ2v) is 6.18. The highest BCUT2D eigenvalue weighted by molar-refractivity contribution is 6.33. The van der Waals surface area contributed by atoms with Crippen LogP contribution in [-0.4, -0.2) is 24.4 Å². The molecular weight excluding hydrogens is 409 g/mol. The van der Waals surface area contributed by atoms with Crippen LogP contribution >= 0.6 is 11.6 Å². The predicted molar refractivity (Wildman–Crippen MR) is 102 cm³/mol. The molecule has 2 aromatic carbocycles. The van der Waals surface area contributed by atoms with E-state index in [4.69, 9.17) is 16.3 Å². The molecule has 0 aliphatic heterocycles. The number of rotatable bonds is 5. The predicted octanol–water partition coefficient (Wildman–Crippen LogP) is 5.56. The van der Waals surface area contributed by atoms with Crippen molar-refractivity contribution in [2.75, 3.05) is 12.4 Å². The Kier molecular flexibility index (Phi) is 5.93. The first-order valence-electron chi connectivity index (χ1n) is 8.23. The van der Waals surface area contributed by atoms with Crippen LogP contribution in [0.3, 0.4) is 0 Å². The first-order chi connectivity index (χ1) is 13.8. The molecule has 3 rings (SSSR count). The van der Waals surface area contributed by atoms with Gasteiger partial charge < -0.3 is 14.8 Å². The van der Waals surface area contributed by atoms with Crippen molar-refractivity contribution in [3.8, 4) is 22.8 Å². The molecule has 9 heteroatoms. The molecule has 29 heavy (non-hydrogen) atoms.